The maximum atomic E-state index is 12.9. The van der Waals surface area contributed by atoms with Crippen molar-refractivity contribution in [1.82, 2.24) is 0 Å². The summed E-state index contributed by atoms with van der Waals surface area (Å²) in [5.74, 6) is -0.173. The van der Waals surface area contributed by atoms with Gasteiger partial charge < -0.3 is 15.5 Å². The third kappa shape index (κ3) is 2.74. The molecule has 0 bridgehead atoms. The molecule has 0 aromatic heterocycles. The lowest BCUT2D eigenvalue weighted by Gasteiger charge is -2.14. The molecule has 0 saturated heterocycles. The largest absolute Gasteiger partial charge is 0.507 e. The second-order valence-corrected chi connectivity index (χ2v) is 6.99. The summed E-state index contributed by atoms with van der Waals surface area (Å²) in [5.41, 5.74) is 0.962. The van der Waals surface area contributed by atoms with Crippen LogP contribution < -0.4 is 5.32 Å². The van der Waals surface area contributed by atoms with E-state index >= 15 is 0 Å². The lowest BCUT2D eigenvalue weighted by molar-refractivity contribution is 0.102. The molecule has 29 heavy (non-hydrogen) atoms. The van der Waals surface area contributed by atoms with Crippen LogP contribution in [0.2, 0.25) is 0 Å². The Morgan fingerprint density at radius 2 is 1.31 bits per heavy atom. The van der Waals surface area contributed by atoms with Gasteiger partial charge in [0.25, 0.3) is 5.91 Å². The van der Waals surface area contributed by atoms with E-state index < -0.39 is 0 Å². The summed E-state index contributed by atoms with van der Waals surface area (Å²) in [6, 6.07) is 25.6. The van der Waals surface area contributed by atoms with E-state index in [4.69, 9.17) is 0 Å². The van der Waals surface area contributed by atoms with E-state index in [0.717, 1.165) is 10.8 Å². The Bertz CT molecular complexity index is 1420. The highest BCUT2D eigenvalue weighted by Crippen LogP contribution is 2.44. The van der Waals surface area contributed by atoms with Gasteiger partial charge >= 0.3 is 0 Å². The first-order valence-corrected chi connectivity index (χ1v) is 9.29. The Hall–Kier alpha value is -4.05. The van der Waals surface area contributed by atoms with E-state index in [2.05, 4.69) is 5.32 Å². The third-order valence-corrected chi connectivity index (χ3v) is 5.25. The van der Waals surface area contributed by atoms with E-state index in [0.29, 0.717) is 32.8 Å². The van der Waals surface area contributed by atoms with Gasteiger partial charge in [-0.1, -0.05) is 66.7 Å². The summed E-state index contributed by atoms with van der Waals surface area (Å²) >= 11 is 0. The molecule has 0 aliphatic rings. The molecule has 0 spiro atoms. The highest BCUT2D eigenvalue weighted by Gasteiger charge is 2.17. The van der Waals surface area contributed by atoms with Crippen molar-refractivity contribution in [1.29, 1.82) is 0 Å². The lowest BCUT2D eigenvalue weighted by Crippen LogP contribution is -2.12. The number of hydrogen-bond acceptors (Lipinski definition) is 3. The Morgan fingerprint density at radius 1 is 0.655 bits per heavy atom. The molecule has 0 fully saturated rings. The first kappa shape index (κ1) is 17.1. The van der Waals surface area contributed by atoms with Crippen LogP contribution in [0.15, 0.2) is 84.9 Å². The molecular formula is C25H17NO3. The summed E-state index contributed by atoms with van der Waals surface area (Å²) in [6.45, 7) is 0. The molecule has 0 aliphatic carbocycles. The van der Waals surface area contributed by atoms with Crippen molar-refractivity contribution >= 4 is 43.9 Å². The Morgan fingerprint density at radius 3 is 2.10 bits per heavy atom. The normalized spacial score (nSPS) is 11.2. The number of carbonyl (C=O) groups is 1. The molecule has 5 aromatic carbocycles. The van der Waals surface area contributed by atoms with Crippen LogP contribution in [0.5, 0.6) is 11.5 Å². The van der Waals surface area contributed by atoms with Crippen LogP contribution in [0.25, 0.3) is 32.3 Å². The van der Waals surface area contributed by atoms with Crippen molar-refractivity contribution in [3.05, 3.63) is 90.5 Å². The number of nitrogens with one attached hydrogen (secondary N) is 1. The molecule has 4 heteroatoms. The number of phenols is 2. The molecule has 0 unspecified atom stereocenters. The number of carbonyl (C=O) groups excluding carboxylic acids is 1. The van der Waals surface area contributed by atoms with Gasteiger partial charge in [-0.05, 0) is 29.0 Å². The quantitative estimate of drug-likeness (QED) is 0.268. The van der Waals surface area contributed by atoms with Crippen molar-refractivity contribution in [2.75, 3.05) is 5.32 Å². The number of hydrogen-bond donors (Lipinski definition) is 3. The van der Waals surface area contributed by atoms with Crippen molar-refractivity contribution in [2.45, 2.75) is 0 Å². The summed E-state index contributed by atoms with van der Waals surface area (Å²) in [4.78, 5) is 12.9. The molecule has 140 valence electrons. The molecule has 5 aromatic rings. The first-order chi connectivity index (χ1) is 14.1. The summed E-state index contributed by atoms with van der Waals surface area (Å²) in [5, 5.41) is 28.5. The fourth-order valence-corrected chi connectivity index (χ4v) is 3.81. The van der Waals surface area contributed by atoms with E-state index in [-0.39, 0.29) is 17.4 Å². The number of benzene rings is 5. The SMILES string of the molecule is O=C(Nc1cccc2c(O)c3ccccc3c(O)c12)c1ccc2ccccc2c1. The molecule has 0 heterocycles. The zero-order valence-electron chi connectivity index (χ0n) is 15.4. The second kappa shape index (κ2) is 6.53. The lowest BCUT2D eigenvalue weighted by atomic mass is 9.99. The standard InChI is InChI=1S/C25H17NO3/c27-23-18-8-3-4-9-19(18)24(28)22-20(23)10-5-11-21(22)26-25(29)17-13-12-15-6-1-2-7-16(15)14-17/h1-14,27-28H,(H,26,29). The molecule has 0 aliphatic heterocycles. The average Bonchev–Trinajstić information content (AvgIpc) is 2.77. The zero-order valence-corrected chi connectivity index (χ0v) is 15.4. The van der Waals surface area contributed by atoms with Gasteiger partial charge in [0.1, 0.15) is 11.5 Å². The first-order valence-electron chi connectivity index (χ1n) is 9.29. The minimum Gasteiger partial charge on any atom is -0.507 e. The van der Waals surface area contributed by atoms with Gasteiger partial charge in [0.2, 0.25) is 0 Å². The van der Waals surface area contributed by atoms with E-state index in [1.54, 1.807) is 48.5 Å². The van der Waals surface area contributed by atoms with E-state index in [9.17, 15) is 15.0 Å². The highest BCUT2D eigenvalue weighted by molar-refractivity contribution is 6.18. The van der Waals surface area contributed by atoms with Crippen LogP contribution in [0.3, 0.4) is 0 Å². The minimum absolute atomic E-state index is 0.0304. The van der Waals surface area contributed by atoms with E-state index in [1.165, 1.54) is 0 Å². The van der Waals surface area contributed by atoms with Gasteiger partial charge in [-0.2, -0.15) is 0 Å². The fraction of sp³-hybridized carbons (Fsp3) is 0. The van der Waals surface area contributed by atoms with Crippen LogP contribution in [0.4, 0.5) is 5.69 Å². The van der Waals surface area contributed by atoms with Gasteiger partial charge in [-0.3, -0.25) is 4.79 Å². The molecule has 0 saturated carbocycles. The van der Waals surface area contributed by atoms with Crippen molar-refractivity contribution in [2.24, 2.45) is 0 Å². The Kier molecular flexibility index (Phi) is 3.85. The van der Waals surface area contributed by atoms with Gasteiger partial charge in [0, 0.05) is 21.7 Å². The van der Waals surface area contributed by atoms with Crippen LogP contribution in [0, 0.1) is 0 Å². The fourth-order valence-electron chi connectivity index (χ4n) is 3.81. The molecule has 4 nitrogen and oxygen atoms in total. The van der Waals surface area contributed by atoms with Crippen LogP contribution in [-0.2, 0) is 0 Å². The van der Waals surface area contributed by atoms with Crippen molar-refractivity contribution in [3.8, 4) is 11.5 Å². The molecule has 0 atom stereocenters. The number of amides is 1. The summed E-state index contributed by atoms with van der Waals surface area (Å²) in [6.07, 6.45) is 0. The summed E-state index contributed by atoms with van der Waals surface area (Å²) < 4.78 is 0. The van der Waals surface area contributed by atoms with Crippen LogP contribution >= 0.6 is 0 Å². The second-order valence-electron chi connectivity index (χ2n) is 6.99. The van der Waals surface area contributed by atoms with Crippen LogP contribution in [-0.4, -0.2) is 16.1 Å². The molecule has 1 amide bonds. The minimum atomic E-state index is -0.282. The monoisotopic (exact) mass is 379 g/mol. The topological polar surface area (TPSA) is 69.6 Å². The molecule has 3 N–H and O–H groups in total. The smallest absolute Gasteiger partial charge is 0.255 e. The predicted octanol–water partition coefficient (Wildman–Crippen LogP) is 5.81. The molecular weight excluding hydrogens is 362 g/mol. The van der Waals surface area contributed by atoms with Crippen LogP contribution in [0.1, 0.15) is 10.4 Å². The van der Waals surface area contributed by atoms with Gasteiger partial charge in [0.05, 0.1) is 11.1 Å². The number of phenolic OH excluding ortho intramolecular Hbond substituents is 2. The van der Waals surface area contributed by atoms with Crippen molar-refractivity contribution < 1.29 is 15.0 Å². The maximum Gasteiger partial charge on any atom is 0.255 e. The zero-order chi connectivity index (χ0) is 20.0. The maximum absolute atomic E-state index is 12.9. The number of aromatic hydroxyl groups is 2. The number of anilines is 1. The van der Waals surface area contributed by atoms with Gasteiger partial charge in [0.15, 0.2) is 0 Å². The number of rotatable bonds is 2. The molecule has 0 radical (unpaired) electrons. The van der Waals surface area contributed by atoms with Gasteiger partial charge in [-0.15, -0.1) is 0 Å². The highest BCUT2D eigenvalue weighted by atomic mass is 16.3. The third-order valence-electron chi connectivity index (χ3n) is 5.25. The molecule has 5 rings (SSSR count). The predicted molar refractivity (Wildman–Crippen MR) is 117 cm³/mol. The Labute approximate surface area is 166 Å². The average molecular weight is 379 g/mol. The number of fused-ring (bicyclic) bond motifs is 3. The van der Waals surface area contributed by atoms with Gasteiger partial charge in [-0.25, -0.2) is 0 Å². The summed E-state index contributed by atoms with van der Waals surface area (Å²) in [7, 11) is 0. The van der Waals surface area contributed by atoms with E-state index in [1.807, 2.05) is 36.4 Å². The van der Waals surface area contributed by atoms with Crippen molar-refractivity contribution in [3.63, 3.8) is 0 Å². The Balaban J connectivity index is 1.64.